The van der Waals surface area contributed by atoms with Crippen LogP contribution in [0.1, 0.15) is 98.3 Å². The highest BCUT2D eigenvalue weighted by Crippen LogP contribution is 2.68. The monoisotopic (exact) mass is 624 g/mol. The largest absolute Gasteiger partial charge is 0.397 e. The quantitative estimate of drug-likeness (QED) is 0.224. The van der Waals surface area contributed by atoms with Crippen molar-refractivity contribution in [3.05, 3.63) is 0 Å². The van der Waals surface area contributed by atoms with E-state index in [0.29, 0.717) is 30.1 Å². The number of aliphatic hydroxyl groups excluding tert-OH is 2. The predicted molar refractivity (Wildman–Crippen MR) is 153 cm³/mol. The molecule has 41 heavy (non-hydrogen) atoms. The normalized spacial score (nSPS) is 41.6. The summed E-state index contributed by atoms with van der Waals surface area (Å²) < 4.78 is 74.3. The van der Waals surface area contributed by atoms with E-state index < -0.39 is 33.0 Å². The van der Waals surface area contributed by atoms with Crippen molar-refractivity contribution in [2.45, 2.75) is 111 Å². The smallest absolute Gasteiger partial charge is 0.396 e. The fraction of sp³-hybridized carbons (Fsp3) is 1.00. The first kappa shape index (κ1) is 33.6. The van der Waals surface area contributed by atoms with Crippen molar-refractivity contribution in [2.75, 3.05) is 13.2 Å². The minimum atomic E-state index is -4.64. The first-order valence-electron chi connectivity index (χ1n) is 15.6. The lowest BCUT2D eigenvalue weighted by atomic mass is 9.44. The van der Waals surface area contributed by atoms with Gasteiger partial charge in [0.15, 0.2) is 0 Å². The summed E-state index contributed by atoms with van der Waals surface area (Å²) in [6.07, 6.45) is 7.52. The second kappa shape index (κ2) is 12.6. The maximum Gasteiger partial charge on any atom is 0.397 e. The molecule has 4 rings (SSSR count). The van der Waals surface area contributed by atoms with Gasteiger partial charge in [-0.3, -0.25) is 9.11 Å². The molecule has 4 saturated carbocycles. The van der Waals surface area contributed by atoms with Gasteiger partial charge in [0.2, 0.25) is 0 Å². The summed E-state index contributed by atoms with van der Waals surface area (Å²) in [7, 11) is -9.19. The zero-order valence-corrected chi connectivity index (χ0v) is 26.7. The Kier molecular flexibility index (Phi) is 10.3. The highest BCUT2D eigenvalue weighted by Gasteiger charge is 2.62. The highest BCUT2D eigenvalue weighted by molar-refractivity contribution is 7.81. The van der Waals surface area contributed by atoms with Gasteiger partial charge >= 0.3 is 20.8 Å². The zero-order chi connectivity index (χ0) is 30.4. The standard InChI is InChI=1S/C29H52O10S2/c1-5-19(18(2)16-30)6-7-20(17-38-40(32,33)34)22-10-11-23-21-8-9-25-27(31)26(39-41(35,36)37)13-15-29(25,4)24(21)12-14-28(22,23)3/h18-27,30-31H,5-17H2,1-4H3,(H,32,33,34)(H,35,36,37)/t18?,19?,20-,21-,22+,23-,24-,25+,26+,27-,28+,29+/m0/s1. The molecule has 0 bridgehead atoms. The first-order valence-corrected chi connectivity index (χ1v) is 18.3. The maximum atomic E-state index is 11.6. The van der Waals surface area contributed by atoms with E-state index in [-0.39, 0.29) is 47.7 Å². The molecule has 0 amide bonds. The van der Waals surface area contributed by atoms with Gasteiger partial charge in [0.25, 0.3) is 0 Å². The number of hydrogen-bond donors (Lipinski definition) is 4. The second-order valence-corrected chi connectivity index (χ2v) is 16.4. The lowest BCUT2D eigenvalue weighted by molar-refractivity contribution is -0.171. The predicted octanol–water partition coefficient (Wildman–Crippen LogP) is 4.67. The molecule has 0 aromatic carbocycles. The summed E-state index contributed by atoms with van der Waals surface area (Å²) in [5.74, 6) is 1.94. The van der Waals surface area contributed by atoms with Gasteiger partial charge in [0.05, 0.1) is 12.7 Å². The van der Waals surface area contributed by atoms with Crippen molar-refractivity contribution >= 4 is 20.8 Å². The molecule has 0 aromatic heterocycles. The molecule has 0 spiro atoms. The number of hydrogen-bond acceptors (Lipinski definition) is 8. The van der Waals surface area contributed by atoms with Gasteiger partial charge in [-0.1, -0.05) is 34.1 Å². The zero-order valence-electron chi connectivity index (χ0n) is 25.0. The van der Waals surface area contributed by atoms with Crippen LogP contribution in [0, 0.1) is 58.2 Å². The van der Waals surface area contributed by atoms with E-state index >= 15 is 0 Å². The summed E-state index contributed by atoms with van der Waals surface area (Å²) in [6, 6.07) is 0. The van der Waals surface area contributed by atoms with Crippen molar-refractivity contribution in [3.63, 3.8) is 0 Å². The van der Waals surface area contributed by atoms with Crippen molar-refractivity contribution in [2.24, 2.45) is 58.2 Å². The third-order valence-corrected chi connectivity index (χ3v) is 13.5. The van der Waals surface area contributed by atoms with Crippen LogP contribution in [0.5, 0.6) is 0 Å². The van der Waals surface area contributed by atoms with E-state index in [9.17, 15) is 36.2 Å². The van der Waals surface area contributed by atoms with E-state index in [1.807, 2.05) is 6.92 Å². The maximum absolute atomic E-state index is 11.6. The molecule has 4 fully saturated rings. The molecular weight excluding hydrogens is 572 g/mol. The Morgan fingerprint density at radius 2 is 1.49 bits per heavy atom. The molecule has 4 aliphatic carbocycles. The van der Waals surface area contributed by atoms with Crippen LogP contribution in [0.25, 0.3) is 0 Å². The Morgan fingerprint density at radius 3 is 2.10 bits per heavy atom. The Bertz CT molecular complexity index is 1110. The van der Waals surface area contributed by atoms with E-state index in [1.165, 1.54) is 0 Å². The van der Waals surface area contributed by atoms with Gasteiger partial charge in [-0.05, 0) is 122 Å². The molecule has 4 aliphatic rings. The lowest BCUT2D eigenvalue weighted by Crippen LogP contribution is -2.59. The third-order valence-electron chi connectivity index (χ3n) is 12.5. The van der Waals surface area contributed by atoms with Gasteiger partial charge in [-0.25, -0.2) is 8.37 Å². The summed E-state index contributed by atoms with van der Waals surface area (Å²) in [6.45, 7) is 8.85. The van der Waals surface area contributed by atoms with Gasteiger partial charge in [0.1, 0.15) is 6.10 Å². The molecular formula is C29H52O10S2. The average molecular weight is 625 g/mol. The topological polar surface area (TPSA) is 168 Å². The molecule has 0 radical (unpaired) electrons. The fourth-order valence-corrected chi connectivity index (χ4v) is 11.3. The molecule has 240 valence electrons. The SMILES string of the molecule is CCC(CC[C@@H](COS(=O)(=O)O)[C@H]1CC[C@H]2[C@@H]3CC[C@@H]4[C@H](O)[C@H](OS(=O)(=O)O)CC[C@]4(C)[C@H]3CC[C@]12C)C(C)CO. The van der Waals surface area contributed by atoms with Crippen LogP contribution in [0.2, 0.25) is 0 Å². The van der Waals surface area contributed by atoms with Crippen LogP contribution in [0.3, 0.4) is 0 Å². The Hall–Kier alpha value is -0.340. The summed E-state index contributed by atoms with van der Waals surface area (Å²) in [5.41, 5.74) is -0.144. The van der Waals surface area contributed by atoms with Gasteiger partial charge in [0, 0.05) is 6.61 Å². The van der Waals surface area contributed by atoms with Gasteiger partial charge in [-0.15, -0.1) is 0 Å². The number of aliphatic hydroxyl groups is 2. The molecule has 12 atom stereocenters. The summed E-state index contributed by atoms with van der Waals surface area (Å²) in [5, 5.41) is 20.9. The van der Waals surface area contributed by atoms with Crippen LogP contribution >= 0.6 is 0 Å². The molecule has 0 aliphatic heterocycles. The van der Waals surface area contributed by atoms with E-state index in [4.69, 9.17) is 8.37 Å². The minimum Gasteiger partial charge on any atom is -0.396 e. The van der Waals surface area contributed by atoms with Crippen LogP contribution in [0.15, 0.2) is 0 Å². The van der Waals surface area contributed by atoms with Gasteiger partial charge in [-0.2, -0.15) is 16.8 Å². The lowest BCUT2D eigenvalue weighted by Gasteiger charge is -2.62. The Labute approximate surface area is 246 Å². The minimum absolute atomic E-state index is 0.00576. The molecule has 0 aromatic rings. The van der Waals surface area contributed by atoms with Crippen LogP contribution in [-0.2, 0) is 29.2 Å². The summed E-state index contributed by atoms with van der Waals surface area (Å²) >= 11 is 0. The Balaban J connectivity index is 1.52. The van der Waals surface area contributed by atoms with Crippen molar-refractivity contribution < 1.29 is 44.5 Å². The third kappa shape index (κ3) is 7.00. The average Bonchev–Trinajstić information content (AvgIpc) is 3.23. The molecule has 12 heteroatoms. The molecule has 10 nitrogen and oxygen atoms in total. The second-order valence-electron chi connectivity index (χ2n) is 14.3. The molecule has 0 saturated heterocycles. The highest BCUT2D eigenvalue weighted by atomic mass is 32.3. The fourth-order valence-electron chi connectivity index (χ4n) is 10.4. The van der Waals surface area contributed by atoms with E-state index in [2.05, 4.69) is 20.8 Å². The van der Waals surface area contributed by atoms with E-state index in [1.54, 1.807) is 0 Å². The molecule has 0 heterocycles. The Morgan fingerprint density at radius 1 is 0.854 bits per heavy atom. The number of rotatable bonds is 12. The van der Waals surface area contributed by atoms with Crippen molar-refractivity contribution in [1.29, 1.82) is 0 Å². The van der Waals surface area contributed by atoms with Crippen LogP contribution < -0.4 is 0 Å². The summed E-state index contributed by atoms with van der Waals surface area (Å²) in [4.78, 5) is 0. The van der Waals surface area contributed by atoms with E-state index in [0.717, 1.165) is 64.2 Å². The molecule has 4 N–H and O–H groups in total. The van der Waals surface area contributed by atoms with Crippen molar-refractivity contribution in [3.8, 4) is 0 Å². The van der Waals surface area contributed by atoms with Crippen molar-refractivity contribution in [1.82, 2.24) is 0 Å². The van der Waals surface area contributed by atoms with Gasteiger partial charge < -0.3 is 10.2 Å². The van der Waals surface area contributed by atoms with Crippen LogP contribution in [-0.4, -0.2) is 61.6 Å². The number of fused-ring (bicyclic) bond motifs is 5. The first-order chi connectivity index (χ1) is 19.0. The van der Waals surface area contributed by atoms with Crippen LogP contribution in [0.4, 0.5) is 0 Å². The molecule has 2 unspecified atom stereocenters.